The van der Waals surface area contributed by atoms with Gasteiger partial charge in [-0.05, 0) is 38.3 Å². The van der Waals surface area contributed by atoms with Crippen LogP contribution in [0.4, 0.5) is 4.79 Å². The molecule has 1 fully saturated rings. The molecule has 1 saturated heterocycles. The van der Waals surface area contributed by atoms with Gasteiger partial charge in [-0.15, -0.1) is 0 Å². The monoisotopic (exact) mass is 387 g/mol. The number of para-hydroxylation sites is 1. The van der Waals surface area contributed by atoms with Crippen LogP contribution in [0, 0.1) is 0 Å². The van der Waals surface area contributed by atoms with Crippen molar-refractivity contribution >= 4 is 35.3 Å². The average Bonchev–Trinajstić information content (AvgIpc) is 3.17. The Morgan fingerprint density at radius 3 is 2.67 bits per heavy atom. The Hall–Kier alpha value is -2.48. The van der Waals surface area contributed by atoms with Crippen LogP contribution in [0.2, 0.25) is 0 Å². The molecule has 2 unspecified atom stereocenters. The number of hydrogen-bond acceptors (Lipinski definition) is 6. The van der Waals surface area contributed by atoms with Crippen molar-refractivity contribution in [1.29, 1.82) is 0 Å². The van der Waals surface area contributed by atoms with E-state index in [4.69, 9.17) is 9.73 Å². The molecule has 27 heavy (non-hydrogen) atoms. The fraction of sp³-hybridized carbons (Fsp3) is 0.421. The minimum atomic E-state index is -0.208. The molecule has 2 heterocycles. The lowest BCUT2D eigenvalue weighted by Crippen LogP contribution is -2.45. The van der Waals surface area contributed by atoms with Crippen molar-refractivity contribution in [2.45, 2.75) is 26.2 Å². The fourth-order valence-corrected chi connectivity index (χ4v) is 3.92. The fourth-order valence-electron chi connectivity index (χ4n) is 3.36. The van der Waals surface area contributed by atoms with Gasteiger partial charge < -0.3 is 4.74 Å². The van der Waals surface area contributed by atoms with Crippen LogP contribution in [-0.2, 0) is 0 Å². The maximum Gasteiger partial charge on any atom is 0.323 e. The molecule has 0 bridgehead atoms. The van der Waals surface area contributed by atoms with Crippen molar-refractivity contribution in [2.24, 2.45) is 10.1 Å². The van der Waals surface area contributed by atoms with Crippen molar-refractivity contribution < 1.29 is 9.53 Å². The third-order valence-electron chi connectivity index (χ3n) is 4.64. The molecule has 8 heteroatoms. The third-order valence-corrected chi connectivity index (χ3v) is 5.30. The number of aliphatic imine (C=N–C) groups is 1. The van der Waals surface area contributed by atoms with Crippen molar-refractivity contribution in [3.05, 3.63) is 35.9 Å². The summed E-state index contributed by atoms with van der Waals surface area (Å²) in [6, 6.07) is 7.82. The van der Waals surface area contributed by atoms with E-state index in [0.29, 0.717) is 13.1 Å². The molecule has 1 aromatic rings. The van der Waals surface area contributed by atoms with Gasteiger partial charge in [0.25, 0.3) is 0 Å². The minimum Gasteiger partial charge on any atom is -0.496 e. The summed E-state index contributed by atoms with van der Waals surface area (Å²) >= 11 is 1.54. The van der Waals surface area contributed by atoms with Gasteiger partial charge in [-0.3, -0.25) is 9.80 Å². The van der Waals surface area contributed by atoms with Crippen LogP contribution < -0.4 is 4.74 Å². The lowest BCUT2D eigenvalue weighted by Gasteiger charge is -2.27. The van der Waals surface area contributed by atoms with Crippen LogP contribution in [0.15, 0.2) is 40.4 Å². The lowest BCUT2D eigenvalue weighted by molar-refractivity contribution is 0.155. The summed E-state index contributed by atoms with van der Waals surface area (Å²) in [5.41, 5.74) is 0.980. The summed E-state index contributed by atoms with van der Waals surface area (Å²) in [6.07, 6.45) is 7.12. The van der Waals surface area contributed by atoms with Gasteiger partial charge in [0.15, 0.2) is 17.5 Å². The molecule has 0 aliphatic carbocycles. The number of rotatable bonds is 6. The van der Waals surface area contributed by atoms with Gasteiger partial charge in [-0.1, -0.05) is 30.0 Å². The van der Waals surface area contributed by atoms with Gasteiger partial charge in [-0.2, -0.15) is 5.10 Å². The number of thioether (sulfide) groups is 1. The molecule has 0 radical (unpaired) electrons. The van der Waals surface area contributed by atoms with Gasteiger partial charge in [-0.25, -0.2) is 14.8 Å². The lowest BCUT2D eigenvalue weighted by atomic mass is 10.2. The number of allylic oxidation sites excluding steroid dienone is 1. The van der Waals surface area contributed by atoms with Gasteiger partial charge in [0, 0.05) is 24.9 Å². The highest BCUT2D eigenvalue weighted by molar-refractivity contribution is 8.13. The number of carbonyl (C=O) groups excluding carboxylic acids is 1. The summed E-state index contributed by atoms with van der Waals surface area (Å²) in [5, 5.41) is 7.26. The Morgan fingerprint density at radius 1 is 1.26 bits per heavy atom. The first kappa shape index (κ1) is 19.3. The highest BCUT2D eigenvalue weighted by atomic mass is 32.2. The van der Waals surface area contributed by atoms with Crippen LogP contribution in [0.25, 0.3) is 6.08 Å². The predicted molar refractivity (Wildman–Crippen MR) is 111 cm³/mol. The van der Waals surface area contributed by atoms with Gasteiger partial charge in [0.1, 0.15) is 5.75 Å². The SMILES string of the molecule is CCN1C(=O)N(CC)C2C1N=C(SC)N2/N=C/C=C/c1ccccc1OC. The number of likely N-dealkylation sites (N-methyl/N-ethyl adjacent to an activating group) is 2. The van der Waals surface area contributed by atoms with E-state index in [9.17, 15) is 4.79 Å². The Morgan fingerprint density at radius 2 is 2.00 bits per heavy atom. The highest BCUT2D eigenvalue weighted by Crippen LogP contribution is 2.34. The molecule has 3 rings (SSSR count). The zero-order chi connectivity index (χ0) is 19.4. The number of carbonyl (C=O) groups is 1. The van der Waals surface area contributed by atoms with Crippen LogP contribution >= 0.6 is 11.8 Å². The van der Waals surface area contributed by atoms with E-state index in [2.05, 4.69) is 5.10 Å². The first-order valence-corrected chi connectivity index (χ1v) is 10.2. The molecule has 2 aliphatic heterocycles. The summed E-state index contributed by atoms with van der Waals surface area (Å²) in [7, 11) is 1.66. The van der Waals surface area contributed by atoms with E-state index in [0.717, 1.165) is 16.5 Å². The maximum absolute atomic E-state index is 12.6. The number of nitrogens with zero attached hydrogens (tertiary/aromatic N) is 5. The Kier molecular flexibility index (Phi) is 6.05. The molecule has 0 aromatic heterocycles. The van der Waals surface area contributed by atoms with Crippen molar-refractivity contribution in [3.8, 4) is 5.75 Å². The Bertz CT molecular complexity index is 779. The molecular formula is C19H25N5O2S. The minimum absolute atomic E-state index is 0.0173. The third kappa shape index (κ3) is 3.53. The Labute approximate surface area is 164 Å². The van der Waals surface area contributed by atoms with E-state index in [1.165, 1.54) is 11.8 Å². The number of fused-ring (bicyclic) bond motifs is 1. The Balaban J connectivity index is 1.80. The molecule has 2 amide bonds. The van der Waals surface area contributed by atoms with Gasteiger partial charge >= 0.3 is 6.03 Å². The second kappa shape index (κ2) is 8.47. The molecule has 0 spiro atoms. The van der Waals surface area contributed by atoms with Crippen molar-refractivity contribution in [2.75, 3.05) is 26.5 Å². The number of ether oxygens (including phenoxy) is 1. The summed E-state index contributed by atoms with van der Waals surface area (Å²) in [4.78, 5) is 20.9. The van der Waals surface area contributed by atoms with Gasteiger partial charge in [0.2, 0.25) is 0 Å². The number of amides is 2. The van der Waals surface area contributed by atoms with E-state index in [1.807, 2.05) is 66.4 Å². The summed E-state index contributed by atoms with van der Waals surface area (Å²) in [5.74, 6) is 0.812. The summed E-state index contributed by atoms with van der Waals surface area (Å²) in [6.45, 7) is 5.21. The quantitative estimate of drug-likeness (QED) is 0.704. The van der Waals surface area contributed by atoms with E-state index in [1.54, 1.807) is 18.2 Å². The van der Waals surface area contributed by atoms with E-state index in [-0.39, 0.29) is 18.4 Å². The number of methoxy groups -OCH3 is 1. The molecule has 0 saturated carbocycles. The zero-order valence-corrected chi connectivity index (χ0v) is 16.9. The topological polar surface area (TPSA) is 60.7 Å². The number of amidine groups is 1. The standard InChI is InChI=1S/C19H25N5O2S/c1-5-22-16-17(23(6-2)19(22)25)24(18(21-16)27-4)20-13-9-11-14-10-7-8-12-15(14)26-3/h7-13,16-17H,5-6H2,1-4H3/b11-9+,20-13+. The number of urea groups is 1. The molecule has 0 N–H and O–H groups in total. The predicted octanol–water partition coefficient (Wildman–Crippen LogP) is 3.16. The zero-order valence-electron chi connectivity index (χ0n) is 16.1. The van der Waals surface area contributed by atoms with E-state index < -0.39 is 0 Å². The molecule has 144 valence electrons. The molecule has 2 aliphatic rings. The molecular weight excluding hydrogens is 362 g/mol. The second-order valence-electron chi connectivity index (χ2n) is 6.01. The number of hydrazone groups is 1. The average molecular weight is 388 g/mol. The van der Waals surface area contributed by atoms with Crippen molar-refractivity contribution in [1.82, 2.24) is 14.8 Å². The van der Waals surface area contributed by atoms with Crippen molar-refractivity contribution in [3.63, 3.8) is 0 Å². The van der Waals surface area contributed by atoms with Crippen LogP contribution in [0.3, 0.4) is 0 Å². The number of hydrogen-bond donors (Lipinski definition) is 0. The van der Waals surface area contributed by atoms with Crippen LogP contribution in [0.1, 0.15) is 19.4 Å². The highest BCUT2D eigenvalue weighted by Gasteiger charge is 2.52. The largest absolute Gasteiger partial charge is 0.496 e. The maximum atomic E-state index is 12.6. The molecule has 7 nitrogen and oxygen atoms in total. The first-order chi connectivity index (χ1) is 13.2. The molecule has 2 atom stereocenters. The number of benzene rings is 1. The first-order valence-electron chi connectivity index (χ1n) is 8.98. The second-order valence-corrected chi connectivity index (χ2v) is 6.78. The van der Waals surface area contributed by atoms with E-state index >= 15 is 0 Å². The van der Waals surface area contributed by atoms with Crippen LogP contribution in [-0.4, -0.2) is 71.0 Å². The summed E-state index contributed by atoms with van der Waals surface area (Å²) < 4.78 is 5.35. The molecule has 1 aromatic carbocycles. The normalized spacial score (nSPS) is 22.3. The van der Waals surface area contributed by atoms with Gasteiger partial charge in [0.05, 0.1) is 7.11 Å². The van der Waals surface area contributed by atoms with Crippen LogP contribution in [0.5, 0.6) is 5.75 Å². The smallest absolute Gasteiger partial charge is 0.323 e.